The van der Waals surface area contributed by atoms with Gasteiger partial charge in [-0.25, -0.2) is 9.59 Å². The summed E-state index contributed by atoms with van der Waals surface area (Å²) < 4.78 is 9.71. The summed E-state index contributed by atoms with van der Waals surface area (Å²) in [4.78, 5) is 21.2. The van der Waals surface area contributed by atoms with E-state index in [0.29, 0.717) is 5.57 Å². The molecule has 1 saturated heterocycles. The molecule has 2 N–H and O–H groups in total. The Morgan fingerprint density at radius 1 is 1.14 bits per heavy atom. The second kappa shape index (κ2) is 3.77. The highest BCUT2D eigenvalue weighted by molar-refractivity contribution is 5.84. The van der Waals surface area contributed by atoms with Crippen LogP contribution in [0.2, 0.25) is 0 Å². The molecule has 1 fully saturated rings. The van der Waals surface area contributed by atoms with Gasteiger partial charge in [-0.1, -0.05) is 6.58 Å². The molecule has 0 saturated carbocycles. The first-order chi connectivity index (χ1) is 6.43. The number of carbonyl (C=O) groups is 2. The van der Waals surface area contributed by atoms with E-state index in [1.54, 1.807) is 6.92 Å². The van der Waals surface area contributed by atoms with Gasteiger partial charge >= 0.3 is 11.9 Å². The second-order valence-corrected chi connectivity index (χ2v) is 2.97. The van der Waals surface area contributed by atoms with Crippen molar-refractivity contribution in [2.24, 2.45) is 0 Å². The van der Waals surface area contributed by atoms with Gasteiger partial charge in [0.05, 0.1) is 0 Å². The van der Waals surface area contributed by atoms with Gasteiger partial charge in [0.1, 0.15) is 0 Å². The van der Waals surface area contributed by atoms with Crippen molar-refractivity contribution in [3.05, 3.63) is 12.2 Å². The zero-order valence-corrected chi connectivity index (χ0v) is 7.47. The van der Waals surface area contributed by atoms with E-state index in [-0.39, 0.29) is 0 Å². The van der Waals surface area contributed by atoms with Gasteiger partial charge in [0.2, 0.25) is 0 Å². The van der Waals surface area contributed by atoms with Gasteiger partial charge in [0, 0.05) is 0 Å². The van der Waals surface area contributed by atoms with Crippen LogP contribution in [0.1, 0.15) is 6.92 Å². The van der Waals surface area contributed by atoms with Crippen molar-refractivity contribution in [1.82, 2.24) is 0 Å². The molecule has 1 aliphatic heterocycles. The third-order valence-electron chi connectivity index (χ3n) is 1.70. The smallest absolute Gasteiger partial charge is 0.336 e. The third kappa shape index (κ3) is 1.91. The van der Waals surface area contributed by atoms with Crippen LogP contribution in [0.25, 0.3) is 0 Å². The van der Waals surface area contributed by atoms with Crippen LogP contribution < -0.4 is 0 Å². The number of rotatable bonds is 3. The zero-order valence-electron chi connectivity index (χ0n) is 7.47. The van der Waals surface area contributed by atoms with Crippen molar-refractivity contribution >= 4 is 11.9 Å². The first kappa shape index (κ1) is 10.7. The van der Waals surface area contributed by atoms with Gasteiger partial charge < -0.3 is 19.7 Å². The van der Waals surface area contributed by atoms with Crippen LogP contribution in [0.5, 0.6) is 0 Å². The standard InChI is InChI=1S/C8H10O6/c1-3(2)8-13-4(6(9)10)5(14-8)7(11)12/h4-5,8H,1H2,2H3,(H,9,10)(H,11,12)/t4-,5-/m0/s1. The van der Waals surface area contributed by atoms with Gasteiger partial charge in [-0.2, -0.15) is 0 Å². The number of carboxylic acid groups (broad SMARTS) is 2. The summed E-state index contributed by atoms with van der Waals surface area (Å²) in [6, 6.07) is 0. The molecule has 0 aromatic carbocycles. The molecule has 0 aromatic rings. The fourth-order valence-corrected chi connectivity index (χ4v) is 1.05. The van der Waals surface area contributed by atoms with Crippen molar-refractivity contribution < 1.29 is 29.3 Å². The minimum atomic E-state index is -1.48. The predicted octanol–water partition coefficient (Wildman–Crippen LogP) is -0.158. The Labute approximate surface area is 79.7 Å². The summed E-state index contributed by atoms with van der Waals surface area (Å²) in [5.41, 5.74) is 0.431. The van der Waals surface area contributed by atoms with E-state index in [1.165, 1.54) is 0 Å². The molecule has 0 radical (unpaired) electrons. The Morgan fingerprint density at radius 3 is 1.71 bits per heavy atom. The normalized spacial score (nSPS) is 27.5. The summed E-state index contributed by atoms with van der Waals surface area (Å²) in [7, 11) is 0. The van der Waals surface area contributed by atoms with Crippen LogP contribution in [0.4, 0.5) is 0 Å². The van der Waals surface area contributed by atoms with Gasteiger partial charge in [-0.15, -0.1) is 0 Å². The van der Waals surface area contributed by atoms with E-state index in [0.717, 1.165) is 0 Å². The van der Waals surface area contributed by atoms with E-state index in [2.05, 4.69) is 6.58 Å². The summed E-state index contributed by atoms with van der Waals surface area (Å²) in [5.74, 6) is -2.72. The Bertz CT molecular complexity index is 262. The highest BCUT2D eigenvalue weighted by Gasteiger charge is 2.45. The monoisotopic (exact) mass is 202 g/mol. The molecule has 6 nitrogen and oxygen atoms in total. The van der Waals surface area contributed by atoms with Crippen LogP contribution in [0.15, 0.2) is 12.2 Å². The van der Waals surface area contributed by atoms with Gasteiger partial charge in [0.25, 0.3) is 0 Å². The lowest BCUT2D eigenvalue weighted by atomic mass is 10.2. The third-order valence-corrected chi connectivity index (χ3v) is 1.70. The quantitative estimate of drug-likeness (QED) is 0.618. The van der Waals surface area contributed by atoms with E-state index >= 15 is 0 Å². The van der Waals surface area contributed by atoms with Crippen LogP contribution in [0.3, 0.4) is 0 Å². The lowest BCUT2D eigenvalue weighted by molar-refractivity contribution is -0.156. The topological polar surface area (TPSA) is 93.1 Å². The molecule has 2 atom stereocenters. The Balaban J connectivity index is 2.80. The second-order valence-electron chi connectivity index (χ2n) is 2.97. The minimum absolute atomic E-state index is 0.431. The van der Waals surface area contributed by atoms with Crippen LogP contribution >= 0.6 is 0 Å². The molecule has 0 spiro atoms. The van der Waals surface area contributed by atoms with Crippen molar-refractivity contribution in [1.29, 1.82) is 0 Å². The van der Waals surface area contributed by atoms with Crippen LogP contribution in [-0.2, 0) is 19.1 Å². The molecule has 0 amide bonds. The molecule has 6 heteroatoms. The summed E-state index contributed by atoms with van der Waals surface area (Å²) in [6.07, 6.45) is -3.92. The molecule has 1 rings (SSSR count). The summed E-state index contributed by atoms with van der Waals surface area (Å²) >= 11 is 0. The molecule has 0 bridgehead atoms. The molecule has 0 aliphatic carbocycles. The number of ether oxygens (including phenoxy) is 2. The summed E-state index contributed by atoms with van der Waals surface area (Å²) in [6.45, 7) is 5.05. The SMILES string of the molecule is C=C(C)C1O[C@H](C(=O)O)[C@@H](C(=O)O)O1. The molecule has 0 aromatic heterocycles. The Kier molecular flexibility index (Phi) is 2.87. The lowest BCUT2D eigenvalue weighted by Crippen LogP contribution is -2.36. The Hall–Kier alpha value is -1.40. The fourth-order valence-electron chi connectivity index (χ4n) is 1.05. The van der Waals surface area contributed by atoms with E-state index in [9.17, 15) is 9.59 Å². The number of aliphatic carboxylic acids is 2. The summed E-state index contributed by atoms with van der Waals surface area (Å²) in [5, 5.41) is 17.3. The molecule has 14 heavy (non-hydrogen) atoms. The largest absolute Gasteiger partial charge is 0.479 e. The average Bonchev–Trinajstić information content (AvgIpc) is 2.47. The first-order valence-corrected chi connectivity index (χ1v) is 3.85. The van der Waals surface area contributed by atoms with Gasteiger partial charge in [-0.3, -0.25) is 0 Å². The lowest BCUT2D eigenvalue weighted by Gasteiger charge is -2.07. The van der Waals surface area contributed by atoms with Crippen molar-refractivity contribution in [3.8, 4) is 0 Å². The maximum atomic E-state index is 10.6. The van der Waals surface area contributed by atoms with E-state index in [1.807, 2.05) is 0 Å². The predicted molar refractivity (Wildman–Crippen MR) is 43.6 cm³/mol. The maximum absolute atomic E-state index is 10.6. The molecule has 1 aliphatic rings. The first-order valence-electron chi connectivity index (χ1n) is 3.85. The van der Waals surface area contributed by atoms with E-state index < -0.39 is 30.4 Å². The Morgan fingerprint density at radius 2 is 1.50 bits per heavy atom. The zero-order chi connectivity index (χ0) is 10.9. The molecule has 1 heterocycles. The molecule has 78 valence electrons. The number of carboxylic acids is 2. The molecular weight excluding hydrogens is 192 g/mol. The minimum Gasteiger partial charge on any atom is -0.479 e. The maximum Gasteiger partial charge on any atom is 0.336 e. The number of hydrogen-bond acceptors (Lipinski definition) is 4. The molecular formula is C8H10O6. The van der Waals surface area contributed by atoms with E-state index in [4.69, 9.17) is 19.7 Å². The van der Waals surface area contributed by atoms with Crippen molar-refractivity contribution in [2.45, 2.75) is 25.4 Å². The highest BCUT2D eigenvalue weighted by atomic mass is 16.7. The van der Waals surface area contributed by atoms with Gasteiger partial charge in [0.15, 0.2) is 18.5 Å². The number of hydrogen-bond donors (Lipinski definition) is 2. The van der Waals surface area contributed by atoms with Crippen LogP contribution in [-0.4, -0.2) is 40.6 Å². The van der Waals surface area contributed by atoms with Crippen molar-refractivity contribution in [2.75, 3.05) is 0 Å². The molecule has 0 unspecified atom stereocenters. The highest BCUT2D eigenvalue weighted by Crippen LogP contribution is 2.23. The van der Waals surface area contributed by atoms with Gasteiger partial charge in [-0.05, 0) is 12.5 Å². The van der Waals surface area contributed by atoms with Crippen LogP contribution in [0, 0.1) is 0 Å². The fraction of sp³-hybridized carbons (Fsp3) is 0.500. The average molecular weight is 202 g/mol. The van der Waals surface area contributed by atoms with Crippen molar-refractivity contribution in [3.63, 3.8) is 0 Å².